The molecule has 4 nitrogen and oxygen atoms in total. The molecule has 0 aliphatic rings. The van der Waals surface area contributed by atoms with Gasteiger partial charge in [-0.15, -0.1) is 0 Å². The van der Waals surface area contributed by atoms with E-state index in [9.17, 15) is 4.79 Å². The highest BCUT2D eigenvalue weighted by Crippen LogP contribution is 1.92. The second kappa shape index (κ2) is 15.4. The Morgan fingerprint density at radius 2 is 1.65 bits per heavy atom. The Hall–Kier alpha value is -0.610. The molecule has 0 rings (SSSR count). The van der Waals surface area contributed by atoms with Crippen molar-refractivity contribution in [2.75, 3.05) is 40.0 Å². The molecule has 0 heterocycles. The molecule has 0 atom stereocenters. The minimum Gasteiger partial charge on any atom is -0.382 e. The molecule has 4 heteroatoms. The standard InChI is InChI=1S/C11H23NO3.C2H6/c1-4-12(3)11(13)7-10-15-9-6-8-14-5-2;1-2/h4-10H2,1-3H3;1-2H3. The maximum atomic E-state index is 11.3. The van der Waals surface area contributed by atoms with Crippen molar-refractivity contribution in [1.82, 2.24) is 4.90 Å². The van der Waals surface area contributed by atoms with E-state index in [4.69, 9.17) is 9.47 Å². The van der Waals surface area contributed by atoms with E-state index >= 15 is 0 Å². The lowest BCUT2D eigenvalue weighted by Gasteiger charge is -2.14. The van der Waals surface area contributed by atoms with Crippen LogP contribution >= 0.6 is 0 Å². The minimum absolute atomic E-state index is 0.141. The second-order valence-electron chi connectivity index (χ2n) is 3.32. The van der Waals surface area contributed by atoms with Crippen molar-refractivity contribution in [3.63, 3.8) is 0 Å². The first-order valence-electron chi connectivity index (χ1n) is 6.61. The van der Waals surface area contributed by atoms with Crippen molar-refractivity contribution in [3.8, 4) is 0 Å². The highest BCUT2D eigenvalue weighted by Gasteiger charge is 2.05. The molecule has 0 aliphatic heterocycles. The van der Waals surface area contributed by atoms with E-state index in [0.717, 1.165) is 26.2 Å². The fourth-order valence-electron chi connectivity index (χ4n) is 1.04. The smallest absolute Gasteiger partial charge is 0.224 e. The molecule has 0 bridgehead atoms. The minimum atomic E-state index is 0.141. The van der Waals surface area contributed by atoms with Crippen molar-refractivity contribution in [2.24, 2.45) is 0 Å². The molecule has 0 spiro atoms. The maximum absolute atomic E-state index is 11.3. The average Bonchev–Trinajstić information content (AvgIpc) is 2.38. The first-order valence-corrected chi connectivity index (χ1v) is 6.61. The Bertz CT molecular complexity index is 163. The van der Waals surface area contributed by atoms with E-state index in [2.05, 4.69) is 0 Å². The van der Waals surface area contributed by atoms with E-state index in [1.165, 1.54) is 0 Å². The van der Waals surface area contributed by atoms with E-state index in [1.54, 1.807) is 11.9 Å². The summed E-state index contributed by atoms with van der Waals surface area (Å²) in [6.07, 6.45) is 1.37. The summed E-state index contributed by atoms with van der Waals surface area (Å²) in [5.41, 5.74) is 0. The number of hydrogen-bond donors (Lipinski definition) is 0. The molecule has 0 saturated carbocycles. The Morgan fingerprint density at radius 3 is 2.18 bits per heavy atom. The lowest BCUT2D eigenvalue weighted by atomic mass is 10.4. The topological polar surface area (TPSA) is 38.8 Å². The van der Waals surface area contributed by atoms with Crippen LogP contribution in [0.15, 0.2) is 0 Å². The third-order valence-electron chi connectivity index (χ3n) is 2.14. The van der Waals surface area contributed by atoms with Gasteiger partial charge in [-0.2, -0.15) is 0 Å². The summed E-state index contributed by atoms with van der Waals surface area (Å²) < 4.78 is 10.5. The molecule has 0 saturated heterocycles. The third kappa shape index (κ3) is 13.3. The first-order chi connectivity index (χ1) is 8.22. The van der Waals surface area contributed by atoms with Crippen molar-refractivity contribution >= 4 is 5.91 Å². The number of carbonyl (C=O) groups is 1. The molecule has 0 aromatic rings. The molecule has 0 fully saturated rings. The fraction of sp³-hybridized carbons (Fsp3) is 0.923. The predicted molar refractivity (Wildman–Crippen MR) is 71.2 cm³/mol. The molecule has 0 aliphatic carbocycles. The normalized spacial score (nSPS) is 9.47. The number of amides is 1. The van der Waals surface area contributed by atoms with Gasteiger partial charge in [-0.1, -0.05) is 13.8 Å². The van der Waals surface area contributed by atoms with Crippen LogP contribution in [-0.4, -0.2) is 50.8 Å². The van der Waals surface area contributed by atoms with Crippen molar-refractivity contribution < 1.29 is 14.3 Å². The van der Waals surface area contributed by atoms with Gasteiger partial charge < -0.3 is 14.4 Å². The summed E-state index contributed by atoms with van der Waals surface area (Å²) in [5, 5.41) is 0. The Kier molecular flexibility index (Phi) is 17.0. The largest absolute Gasteiger partial charge is 0.382 e. The van der Waals surface area contributed by atoms with Crippen LogP contribution in [0.5, 0.6) is 0 Å². The van der Waals surface area contributed by atoms with Crippen LogP contribution in [0.4, 0.5) is 0 Å². The summed E-state index contributed by atoms with van der Waals surface area (Å²) in [6, 6.07) is 0. The summed E-state index contributed by atoms with van der Waals surface area (Å²) in [7, 11) is 1.80. The van der Waals surface area contributed by atoms with Gasteiger partial charge >= 0.3 is 0 Å². The number of nitrogens with zero attached hydrogens (tertiary/aromatic N) is 1. The molecule has 0 unspecified atom stereocenters. The molecule has 0 N–H and O–H groups in total. The van der Waals surface area contributed by atoms with Gasteiger partial charge in [-0.25, -0.2) is 0 Å². The lowest BCUT2D eigenvalue weighted by molar-refractivity contribution is -0.130. The average molecular weight is 247 g/mol. The molecule has 104 valence electrons. The number of rotatable bonds is 9. The van der Waals surface area contributed by atoms with Crippen LogP contribution < -0.4 is 0 Å². The van der Waals surface area contributed by atoms with Crippen molar-refractivity contribution in [3.05, 3.63) is 0 Å². The van der Waals surface area contributed by atoms with Gasteiger partial charge in [0.25, 0.3) is 0 Å². The van der Waals surface area contributed by atoms with Crippen molar-refractivity contribution in [1.29, 1.82) is 0 Å². The van der Waals surface area contributed by atoms with E-state index in [-0.39, 0.29) is 5.91 Å². The van der Waals surface area contributed by atoms with Crippen LogP contribution in [0.3, 0.4) is 0 Å². The summed E-state index contributed by atoms with van der Waals surface area (Å²) in [4.78, 5) is 13.0. The van der Waals surface area contributed by atoms with E-state index in [1.807, 2.05) is 27.7 Å². The zero-order valence-electron chi connectivity index (χ0n) is 12.1. The fourth-order valence-corrected chi connectivity index (χ4v) is 1.04. The molecule has 0 aromatic heterocycles. The van der Waals surface area contributed by atoms with Crippen LogP contribution in [0, 0.1) is 0 Å². The SMILES string of the molecule is CC.CCOCCCOCCC(=O)N(C)CC. The second-order valence-corrected chi connectivity index (χ2v) is 3.32. The number of ether oxygens (including phenoxy) is 2. The van der Waals surface area contributed by atoms with E-state index < -0.39 is 0 Å². The molecular weight excluding hydrogens is 218 g/mol. The Balaban J connectivity index is 0. The monoisotopic (exact) mass is 247 g/mol. The number of hydrogen-bond acceptors (Lipinski definition) is 3. The van der Waals surface area contributed by atoms with Gasteiger partial charge in [-0.3, -0.25) is 4.79 Å². The van der Waals surface area contributed by atoms with Crippen LogP contribution in [0.25, 0.3) is 0 Å². The van der Waals surface area contributed by atoms with Crippen LogP contribution in [-0.2, 0) is 14.3 Å². The molecular formula is C13H29NO3. The molecule has 0 aromatic carbocycles. The highest BCUT2D eigenvalue weighted by atomic mass is 16.5. The zero-order valence-corrected chi connectivity index (χ0v) is 12.1. The molecule has 17 heavy (non-hydrogen) atoms. The van der Waals surface area contributed by atoms with Gasteiger partial charge in [0.2, 0.25) is 5.91 Å². The van der Waals surface area contributed by atoms with Gasteiger partial charge in [-0.05, 0) is 20.3 Å². The Labute approximate surface area is 106 Å². The highest BCUT2D eigenvalue weighted by molar-refractivity contribution is 5.75. The van der Waals surface area contributed by atoms with Gasteiger partial charge in [0, 0.05) is 33.4 Å². The number of carbonyl (C=O) groups excluding carboxylic acids is 1. The van der Waals surface area contributed by atoms with E-state index in [0.29, 0.717) is 19.6 Å². The Morgan fingerprint density at radius 1 is 1.06 bits per heavy atom. The van der Waals surface area contributed by atoms with Crippen molar-refractivity contribution in [2.45, 2.75) is 40.5 Å². The van der Waals surface area contributed by atoms with Crippen LogP contribution in [0.2, 0.25) is 0 Å². The summed E-state index contributed by atoms with van der Waals surface area (Å²) in [5.74, 6) is 0.141. The lowest BCUT2D eigenvalue weighted by Crippen LogP contribution is -2.27. The summed E-state index contributed by atoms with van der Waals surface area (Å²) in [6.45, 7) is 11.3. The first kappa shape index (κ1) is 18.7. The summed E-state index contributed by atoms with van der Waals surface area (Å²) >= 11 is 0. The molecule has 1 amide bonds. The molecule has 0 radical (unpaired) electrons. The maximum Gasteiger partial charge on any atom is 0.224 e. The predicted octanol–water partition coefficient (Wildman–Crippen LogP) is 2.32. The van der Waals surface area contributed by atoms with Gasteiger partial charge in [0.05, 0.1) is 13.0 Å². The van der Waals surface area contributed by atoms with Gasteiger partial charge in [0.1, 0.15) is 0 Å². The van der Waals surface area contributed by atoms with Gasteiger partial charge in [0.15, 0.2) is 0 Å². The third-order valence-corrected chi connectivity index (χ3v) is 2.14. The van der Waals surface area contributed by atoms with Crippen LogP contribution in [0.1, 0.15) is 40.5 Å². The quantitative estimate of drug-likeness (QED) is 0.587. The zero-order chi connectivity index (χ0) is 13.5.